The third kappa shape index (κ3) is 3.18. The van der Waals surface area contributed by atoms with Gasteiger partial charge in [0.1, 0.15) is 0 Å². The van der Waals surface area contributed by atoms with Crippen molar-refractivity contribution < 1.29 is 0 Å². The minimum atomic E-state index is 0.960. The van der Waals surface area contributed by atoms with Crippen molar-refractivity contribution in [3.63, 3.8) is 0 Å². The van der Waals surface area contributed by atoms with Gasteiger partial charge in [0.2, 0.25) is 0 Å². The lowest BCUT2D eigenvalue weighted by Crippen LogP contribution is -2.23. The van der Waals surface area contributed by atoms with Crippen molar-refractivity contribution in [2.75, 3.05) is 13.1 Å². The second kappa shape index (κ2) is 6.19. The van der Waals surface area contributed by atoms with Crippen LogP contribution in [0, 0.1) is 0 Å². The lowest BCUT2D eigenvalue weighted by Gasteiger charge is -2.19. The summed E-state index contributed by atoms with van der Waals surface area (Å²) in [5.74, 6) is 0. The van der Waals surface area contributed by atoms with Gasteiger partial charge in [-0.1, -0.05) is 48.7 Å². The molecule has 0 aliphatic carbocycles. The van der Waals surface area contributed by atoms with Crippen LogP contribution < -0.4 is 0 Å². The predicted octanol–water partition coefficient (Wildman–Crippen LogP) is 3.53. The average molecular weight is 304 g/mol. The molecular formula is C16H20N2S2. The molecule has 20 heavy (non-hydrogen) atoms. The minimum Gasteiger partial charge on any atom is -0.362 e. The van der Waals surface area contributed by atoms with E-state index < -0.39 is 0 Å². The summed E-state index contributed by atoms with van der Waals surface area (Å²) in [5, 5.41) is 0. The van der Waals surface area contributed by atoms with E-state index in [0.29, 0.717) is 0 Å². The normalized spacial score (nSPS) is 19.2. The third-order valence-electron chi connectivity index (χ3n) is 4.11. The monoisotopic (exact) mass is 304 g/mol. The van der Waals surface area contributed by atoms with Gasteiger partial charge in [0.05, 0.1) is 9.98 Å². The van der Waals surface area contributed by atoms with Crippen LogP contribution in [0.1, 0.15) is 36.8 Å². The first-order valence-corrected chi connectivity index (χ1v) is 8.17. The van der Waals surface area contributed by atoms with Crippen LogP contribution in [0.25, 0.3) is 0 Å². The van der Waals surface area contributed by atoms with E-state index in [1.807, 2.05) is 0 Å². The van der Waals surface area contributed by atoms with Gasteiger partial charge in [0, 0.05) is 26.2 Å². The van der Waals surface area contributed by atoms with Crippen molar-refractivity contribution >= 4 is 34.4 Å². The van der Waals surface area contributed by atoms with E-state index in [1.165, 1.54) is 24.0 Å². The number of rotatable bonds is 4. The molecule has 0 spiro atoms. The molecule has 2 fully saturated rings. The molecule has 0 N–H and O–H groups in total. The van der Waals surface area contributed by atoms with Crippen molar-refractivity contribution in [1.82, 2.24) is 9.80 Å². The first kappa shape index (κ1) is 14.0. The standard InChI is InChI=1S/C16H20N2S2/c19-15-3-1-9-17(15)11-13-5-7-14(8-6-13)12-18-10-2-4-16(18)20/h5-8H,1-4,9-12H2. The number of benzene rings is 1. The Morgan fingerprint density at radius 2 is 1.15 bits per heavy atom. The van der Waals surface area contributed by atoms with Crippen molar-refractivity contribution in [3.8, 4) is 0 Å². The Morgan fingerprint density at radius 3 is 1.45 bits per heavy atom. The van der Waals surface area contributed by atoms with E-state index in [1.54, 1.807) is 0 Å². The highest BCUT2D eigenvalue weighted by molar-refractivity contribution is 7.80. The van der Waals surface area contributed by atoms with E-state index in [-0.39, 0.29) is 0 Å². The van der Waals surface area contributed by atoms with Crippen LogP contribution in [0.2, 0.25) is 0 Å². The highest BCUT2D eigenvalue weighted by Crippen LogP contribution is 2.18. The van der Waals surface area contributed by atoms with Crippen molar-refractivity contribution in [2.24, 2.45) is 0 Å². The Kier molecular flexibility index (Phi) is 4.32. The second-order valence-electron chi connectivity index (χ2n) is 5.65. The van der Waals surface area contributed by atoms with Crippen LogP contribution in [0.15, 0.2) is 24.3 Å². The first-order valence-electron chi connectivity index (χ1n) is 7.36. The fraction of sp³-hybridized carbons (Fsp3) is 0.500. The van der Waals surface area contributed by atoms with Gasteiger partial charge in [-0.15, -0.1) is 0 Å². The van der Waals surface area contributed by atoms with Crippen LogP contribution >= 0.6 is 24.4 Å². The summed E-state index contributed by atoms with van der Waals surface area (Å²) in [6.45, 7) is 4.15. The fourth-order valence-corrected chi connectivity index (χ4v) is 3.53. The van der Waals surface area contributed by atoms with E-state index in [9.17, 15) is 0 Å². The summed E-state index contributed by atoms with van der Waals surface area (Å²) in [4.78, 5) is 6.88. The van der Waals surface area contributed by atoms with Gasteiger partial charge in [-0.2, -0.15) is 0 Å². The SMILES string of the molecule is S=C1CCCN1Cc1ccc(CN2CCCC2=S)cc1. The van der Waals surface area contributed by atoms with Gasteiger partial charge in [-0.3, -0.25) is 0 Å². The molecule has 4 heteroatoms. The van der Waals surface area contributed by atoms with Gasteiger partial charge in [-0.25, -0.2) is 0 Å². The molecule has 0 amide bonds. The number of likely N-dealkylation sites (tertiary alicyclic amines) is 2. The van der Waals surface area contributed by atoms with Crippen LogP contribution in [0.3, 0.4) is 0 Å². The number of hydrogen-bond acceptors (Lipinski definition) is 2. The average Bonchev–Trinajstić information content (AvgIpc) is 3.02. The molecule has 2 aliphatic heterocycles. The molecule has 0 bridgehead atoms. The van der Waals surface area contributed by atoms with Crippen molar-refractivity contribution in [2.45, 2.75) is 38.8 Å². The van der Waals surface area contributed by atoms with Crippen molar-refractivity contribution in [1.29, 1.82) is 0 Å². The number of thiocarbonyl (C=S) groups is 2. The van der Waals surface area contributed by atoms with Crippen molar-refractivity contribution in [3.05, 3.63) is 35.4 Å². The summed E-state index contributed by atoms with van der Waals surface area (Å²) >= 11 is 10.8. The molecule has 106 valence electrons. The summed E-state index contributed by atoms with van der Waals surface area (Å²) in [5.41, 5.74) is 2.70. The molecule has 0 atom stereocenters. The maximum absolute atomic E-state index is 5.38. The molecule has 0 aromatic heterocycles. The Balaban J connectivity index is 1.59. The number of hydrogen-bond donors (Lipinski definition) is 0. The second-order valence-corrected chi connectivity index (χ2v) is 6.60. The molecule has 3 rings (SSSR count). The smallest absolute Gasteiger partial charge is 0.0782 e. The fourth-order valence-electron chi connectivity index (χ4n) is 2.93. The Bertz CT molecular complexity index is 463. The maximum atomic E-state index is 5.38. The molecule has 2 saturated heterocycles. The van der Waals surface area contributed by atoms with E-state index in [0.717, 1.165) is 49.0 Å². The zero-order chi connectivity index (χ0) is 13.9. The summed E-state index contributed by atoms with van der Waals surface area (Å²) < 4.78 is 0. The largest absolute Gasteiger partial charge is 0.362 e. The third-order valence-corrected chi connectivity index (χ3v) is 5.04. The zero-order valence-electron chi connectivity index (χ0n) is 11.7. The van der Waals surface area contributed by atoms with Gasteiger partial charge in [0.15, 0.2) is 0 Å². The van der Waals surface area contributed by atoms with Crippen LogP contribution in [0.4, 0.5) is 0 Å². The molecule has 1 aromatic carbocycles. The lowest BCUT2D eigenvalue weighted by atomic mass is 10.1. The molecule has 0 saturated carbocycles. The van der Waals surface area contributed by atoms with Gasteiger partial charge in [0.25, 0.3) is 0 Å². The summed E-state index contributed by atoms with van der Waals surface area (Å²) in [6, 6.07) is 8.93. The molecular weight excluding hydrogens is 284 g/mol. The lowest BCUT2D eigenvalue weighted by molar-refractivity contribution is 0.450. The van der Waals surface area contributed by atoms with Crippen LogP contribution in [-0.4, -0.2) is 32.9 Å². The molecule has 0 radical (unpaired) electrons. The molecule has 1 aromatic rings. The van der Waals surface area contributed by atoms with Gasteiger partial charge < -0.3 is 9.80 Å². The van der Waals surface area contributed by atoms with Gasteiger partial charge >= 0.3 is 0 Å². The quantitative estimate of drug-likeness (QED) is 0.785. The van der Waals surface area contributed by atoms with Crippen LogP contribution in [0.5, 0.6) is 0 Å². The molecule has 0 unspecified atom stereocenters. The summed E-state index contributed by atoms with van der Waals surface area (Å²) in [7, 11) is 0. The Morgan fingerprint density at radius 1 is 0.750 bits per heavy atom. The Labute approximate surface area is 131 Å². The topological polar surface area (TPSA) is 6.48 Å². The van der Waals surface area contributed by atoms with Crippen LogP contribution in [-0.2, 0) is 13.1 Å². The predicted molar refractivity (Wildman–Crippen MR) is 90.9 cm³/mol. The zero-order valence-corrected chi connectivity index (χ0v) is 13.3. The minimum absolute atomic E-state index is 0.960. The summed E-state index contributed by atoms with van der Waals surface area (Å²) in [6.07, 6.45) is 4.59. The van der Waals surface area contributed by atoms with E-state index in [4.69, 9.17) is 24.4 Å². The first-order chi connectivity index (χ1) is 9.72. The van der Waals surface area contributed by atoms with Gasteiger partial charge in [-0.05, 0) is 36.8 Å². The molecule has 2 heterocycles. The molecule has 2 nitrogen and oxygen atoms in total. The number of nitrogens with zero attached hydrogens (tertiary/aromatic N) is 2. The highest BCUT2D eigenvalue weighted by atomic mass is 32.1. The Hall–Kier alpha value is -1.00. The van der Waals surface area contributed by atoms with E-state index in [2.05, 4.69) is 34.1 Å². The van der Waals surface area contributed by atoms with E-state index >= 15 is 0 Å². The highest BCUT2D eigenvalue weighted by Gasteiger charge is 2.18. The maximum Gasteiger partial charge on any atom is 0.0782 e. The molecule has 2 aliphatic rings.